The Kier molecular flexibility index (Phi) is 6.13. The lowest BCUT2D eigenvalue weighted by atomic mass is 10.2. The van der Waals surface area contributed by atoms with Crippen LogP contribution in [0.5, 0.6) is 0 Å². The smallest absolute Gasteiger partial charge is 0.258 e. The van der Waals surface area contributed by atoms with Crippen molar-refractivity contribution in [2.45, 2.75) is 50.1 Å². The summed E-state index contributed by atoms with van der Waals surface area (Å²) in [7, 11) is -3.74. The van der Waals surface area contributed by atoms with E-state index in [4.69, 9.17) is 4.52 Å². The van der Waals surface area contributed by atoms with Crippen molar-refractivity contribution in [1.82, 2.24) is 29.2 Å². The molecule has 1 amide bonds. The number of rotatable bonds is 8. The minimum Gasteiger partial charge on any atom is -0.364 e. The average Bonchev–Trinajstić information content (AvgIpc) is 3.36. The number of nitrogens with zero attached hydrogens (tertiary/aromatic N) is 6. The molecule has 3 aromatic heterocycles. The molecule has 1 aliphatic carbocycles. The Labute approximate surface area is 221 Å². The monoisotopic (exact) mass is 555 g/mol. The van der Waals surface area contributed by atoms with Crippen molar-refractivity contribution in [1.29, 1.82) is 0 Å². The van der Waals surface area contributed by atoms with Gasteiger partial charge in [0.1, 0.15) is 29.5 Å². The van der Waals surface area contributed by atoms with Gasteiger partial charge in [0.2, 0.25) is 10.0 Å². The maximum absolute atomic E-state index is 14.8. The molecule has 2 aliphatic rings. The second-order valence-electron chi connectivity index (χ2n) is 9.60. The third-order valence-corrected chi connectivity index (χ3v) is 9.16. The van der Waals surface area contributed by atoms with E-state index in [2.05, 4.69) is 25.5 Å². The summed E-state index contributed by atoms with van der Waals surface area (Å²) in [4.78, 5) is 21.3. The van der Waals surface area contributed by atoms with Gasteiger partial charge in [-0.3, -0.25) is 9.48 Å². The summed E-state index contributed by atoms with van der Waals surface area (Å²) < 4.78 is 62.0. The number of amides is 1. The number of anilines is 1. The van der Waals surface area contributed by atoms with Crippen molar-refractivity contribution >= 4 is 21.7 Å². The second-order valence-corrected chi connectivity index (χ2v) is 11.7. The maximum atomic E-state index is 14.8. The summed E-state index contributed by atoms with van der Waals surface area (Å²) >= 11 is 0. The molecule has 0 spiro atoms. The fourth-order valence-corrected chi connectivity index (χ4v) is 6.69. The van der Waals surface area contributed by atoms with Crippen LogP contribution in [0.15, 0.2) is 53.4 Å². The lowest BCUT2D eigenvalue weighted by Crippen LogP contribution is -2.42. The van der Waals surface area contributed by atoms with Gasteiger partial charge in [0.25, 0.3) is 5.91 Å². The molecule has 202 valence electrons. The molecule has 4 aromatic rings. The zero-order chi connectivity index (χ0) is 27.3. The first kappa shape index (κ1) is 25.1. The molecule has 2 atom stereocenters. The van der Waals surface area contributed by atoms with Crippen LogP contribution >= 0.6 is 0 Å². The summed E-state index contributed by atoms with van der Waals surface area (Å²) in [5, 5.41) is 10.7. The minimum atomic E-state index is -3.74. The molecule has 2 fully saturated rings. The first-order valence-corrected chi connectivity index (χ1v) is 13.8. The van der Waals surface area contributed by atoms with Crippen LogP contribution in [0.4, 0.5) is 14.6 Å². The van der Waals surface area contributed by atoms with Gasteiger partial charge >= 0.3 is 0 Å². The third kappa shape index (κ3) is 4.64. The molecule has 14 heteroatoms. The van der Waals surface area contributed by atoms with E-state index in [-0.39, 0.29) is 30.3 Å². The molecule has 1 N–H and O–H groups in total. The van der Waals surface area contributed by atoms with Crippen molar-refractivity contribution < 1.29 is 26.5 Å². The highest BCUT2D eigenvalue weighted by Crippen LogP contribution is 2.36. The van der Waals surface area contributed by atoms with Crippen LogP contribution in [-0.2, 0) is 21.4 Å². The van der Waals surface area contributed by atoms with Gasteiger partial charge in [-0.2, -0.15) is 5.10 Å². The number of sulfonamides is 1. The van der Waals surface area contributed by atoms with Crippen molar-refractivity contribution in [3.8, 4) is 22.9 Å². The lowest BCUT2D eigenvalue weighted by molar-refractivity contribution is -0.124. The molecule has 0 bridgehead atoms. The van der Waals surface area contributed by atoms with Crippen LogP contribution in [0.2, 0.25) is 0 Å². The number of carbonyl (C=O) groups excluding carboxylic acids is 1. The Morgan fingerprint density at radius 3 is 2.64 bits per heavy atom. The molecule has 0 radical (unpaired) electrons. The molecule has 1 unspecified atom stereocenters. The fourth-order valence-electron chi connectivity index (χ4n) is 4.67. The zero-order valence-corrected chi connectivity index (χ0v) is 21.5. The number of benzene rings is 1. The van der Waals surface area contributed by atoms with Gasteiger partial charge in [-0.1, -0.05) is 23.4 Å². The van der Waals surface area contributed by atoms with Crippen LogP contribution in [-0.4, -0.2) is 60.9 Å². The van der Waals surface area contributed by atoms with Crippen molar-refractivity contribution in [2.24, 2.45) is 0 Å². The Morgan fingerprint density at radius 2 is 1.92 bits per heavy atom. The SMILES string of the molecule is CC1C[C@@H](Nc2nc(-c3cc(-c4ccon4)n(Cc4ccccc4F)n3)ncc2F)C(=O)N1S(=O)(=O)C1CC1. The maximum Gasteiger partial charge on any atom is 0.258 e. The number of halogens is 2. The Morgan fingerprint density at radius 1 is 1.13 bits per heavy atom. The van der Waals surface area contributed by atoms with Crippen LogP contribution in [0.1, 0.15) is 31.7 Å². The number of aromatic nitrogens is 5. The zero-order valence-electron chi connectivity index (χ0n) is 20.7. The first-order valence-electron chi connectivity index (χ1n) is 12.3. The molecule has 1 saturated carbocycles. The van der Waals surface area contributed by atoms with Gasteiger partial charge in [-0.05, 0) is 38.3 Å². The Hall–Kier alpha value is -4.20. The molecule has 1 aliphatic heterocycles. The molecular formula is C25H23F2N7O4S. The number of nitrogens with one attached hydrogen (secondary N) is 1. The van der Waals surface area contributed by atoms with Crippen LogP contribution in [0.3, 0.4) is 0 Å². The van der Waals surface area contributed by atoms with E-state index in [0.717, 1.165) is 10.5 Å². The van der Waals surface area contributed by atoms with Crippen molar-refractivity contribution in [3.05, 3.63) is 66.1 Å². The quantitative estimate of drug-likeness (QED) is 0.348. The van der Waals surface area contributed by atoms with E-state index in [9.17, 15) is 22.0 Å². The molecule has 39 heavy (non-hydrogen) atoms. The Balaban J connectivity index is 1.30. The third-order valence-electron chi connectivity index (χ3n) is 6.75. The van der Waals surface area contributed by atoms with Gasteiger partial charge in [-0.25, -0.2) is 31.5 Å². The molecule has 11 nitrogen and oxygen atoms in total. The van der Waals surface area contributed by atoms with Crippen molar-refractivity contribution in [3.63, 3.8) is 0 Å². The predicted molar refractivity (Wildman–Crippen MR) is 134 cm³/mol. The Bertz CT molecular complexity index is 1650. The van der Waals surface area contributed by atoms with Gasteiger partial charge in [-0.15, -0.1) is 0 Å². The average molecular weight is 556 g/mol. The molecule has 1 saturated heterocycles. The predicted octanol–water partition coefficient (Wildman–Crippen LogP) is 3.22. The highest BCUT2D eigenvalue weighted by Gasteiger charge is 2.50. The summed E-state index contributed by atoms with van der Waals surface area (Å²) in [6, 6.07) is 7.96. The summed E-state index contributed by atoms with van der Waals surface area (Å²) in [6.07, 6.45) is 3.55. The topological polar surface area (TPSA) is 136 Å². The highest BCUT2D eigenvalue weighted by molar-refractivity contribution is 7.90. The molecular weight excluding hydrogens is 532 g/mol. The van der Waals surface area contributed by atoms with Gasteiger partial charge in [0, 0.05) is 17.7 Å². The second kappa shape index (κ2) is 9.52. The van der Waals surface area contributed by atoms with E-state index >= 15 is 0 Å². The van der Waals surface area contributed by atoms with Crippen LogP contribution in [0, 0.1) is 11.6 Å². The number of hydrogen-bond donors (Lipinski definition) is 1. The van der Waals surface area contributed by atoms with E-state index in [1.54, 1.807) is 37.3 Å². The van der Waals surface area contributed by atoms with Gasteiger partial charge < -0.3 is 9.84 Å². The minimum absolute atomic E-state index is 0.0388. The number of hydrogen-bond acceptors (Lipinski definition) is 9. The lowest BCUT2D eigenvalue weighted by Gasteiger charge is -2.21. The normalized spacial score (nSPS) is 19.6. The molecule has 1 aromatic carbocycles. The van der Waals surface area contributed by atoms with Crippen LogP contribution < -0.4 is 5.32 Å². The van der Waals surface area contributed by atoms with E-state index in [1.165, 1.54) is 17.0 Å². The standard InChI is InChI=1S/C25H23F2N7O4S/c1-14-10-21(25(35)34(14)39(36,37)16-6-7-16)29-23-18(27)12-28-24(30-23)20-11-22(19-8-9-38-32-19)33(31-20)13-15-4-2-3-5-17(15)26/h2-5,8-9,11-12,14,16,21H,6-7,10,13H2,1H3,(H,28,29,30)/t14?,21-/m1/s1. The summed E-state index contributed by atoms with van der Waals surface area (Å²) in [6.45, 7) is 1.72. The number of carbonyl (C=O) groups is 1. The van der Waals surface area contributed by atoms with Crippen LogP contribution in [0.25, 0.3) is 22.9 Å². The van der Waals surface area contributed by atoms with Crippen molar-refractivity contribution in [2.75, 3.05) is 5.32 Å². The largest absolute Gasteiger partial charge is 0.364 e. The molecule has 4 heterocycles. The van der Waals surface area contributed by atoms with Gasteiger partial charge in [0.05, 0.1) is 23.7 Å². The fraction of sp³-hybridized carbons (Fsp3) is 0.320. The summed E-state index contributed by atoms with van der Waals surface area (Å²) in [5.41, 5.74) is 1.56. The van der Waals surface area contributed by atoms with E-state index < -0.39 is 44.9 Å². The highest BCUT2D eigenvalue weighted by atomic mass is 32.2. The van der Waals surface area contributed by atoms with E-state index in [0.29, 0.717) is 29.8 Å². The van der Waals surface area contributed by atoms with E-state index in [1.807, 2.05) is 0 Å². The molecule has 6 rings (SSSR count). The first-order chi connectivity index (χ1) is 18.7. The van der Waals surface area contributed by atoms with Gasteiger partial charge in [0.15, 0.2) is 17.5 Å². The summed E-state index contributed by atoms with van der Waals surface area (Å²) in [5.74, 6) is -2.08.